The first-order valence-corrected chi connectivity index (χ1v) is 12.4. The van der Waals surface area contributed by atoms with Crippen molar-refractivity contribution in [3.8, 4) is 0 Å². The molecule has 0 atom stereocenters. The molecule has 0 N–H and O–H groups in total. The second-order valence-electron chi connectivity index (χ2n) is 7.71. The second-order valence-corrected chi connectivity index (χ2v) is 9.64. The Kier molecular flexibility index (Phi) is 7.98. The van der Waals surface area contributed by atoms with Gasteiger partial charge < -0.3 is 9.80 Å². The van der Waals surface area contributed by atoms with Crippen molar-refractivity contribution in [1.82, 2.24) is 14.2 Å². The monoisotopic (exact) mass is 496 g/mol. The Morgan fingerprint density at radius 1 is 1.03 bits per heavy atom. The van der Waals surface area contributed by atoms with Gasteiger partial charge in [0.1, 0.15) is 5.82 Å². The minimum Gasteiger partial charge on any atom is -0.353 e. The van der Waals surface area contributed by atoms with E-state index in [4.69, 9.17) is 0 Å². The van der Waals surface area contributed by atoms with Crippen molar-refractivity contribution in [1.29, 1.82) is 0 Å². The fourth-order valence-corrected chi connectivity index (χ4v) is 5.09. The lowest BCUT2D eigenvalue weighted by molar-refractivity contribution is -0.137. The number of alkyl halides is 3. The summed E-state index contributed by atoms with van der Waals surface area (Å²) in [6, 6.07) is 8.68. The van der Waals surface area contributed by atoms with Crippen molar-refractivity contribution >= 4 is 27.8 Å². The Hall–Kier alpha value is -2.92. The number of carbonyl (C=O) groups is 1. The largest absolute Gasteiger partial charge is 0.417 e. The van der Waals surface area contributed by atoms with Crippen molar-refractivity contribution in [2.75, 3.05) is 44.2 Å². The molecule has 1 amide bonds. The fraction of sp³-hybridized carbons (Fsp3) is 0.391. The molecule has 1 aliphatic rings. The summed E-state index contributed by atoms with van der Waals surface area (Å²) in [5.41, 5.74) is -0.103. The highest BCUT2D eigenvalue weighted by molar-refractivity contribution is 7.89. The lowest BCUT2D eigenvalue weighted by Crippen LogP contribution is -2.48. The van der Waals surface area contributed by atoms with E-state index in [1.165, 1.54) is 28.6 Å². The predicted octanol–water partition coefficient (Wildman–Crippen LogP) is 3.49. The number of carbonyl (C=O) groups excluding carboxylic acids is 1. The van der Waals surface area contributed by atoms with Gasteiger partial charge in [-0.05, 0) is 35.9 Å². The molecular weight excluding hydrogens is 469 g/mol. The summed E-state index contributed by atoms with van der Waals surface area (Å²) in [5, 5.41) is 0. The minimum absolute atomic E-state index is 0.195. The van der Waals surface area contributed by atoms with E-state index in [-0.39, 0.29) is 10.8 Å². The van der Waals surface area contributed by atoms with Crippen molar-refractivity contribution in [3.63, 3.8) is 0 Å². The van der Waals surface area contributed by atoms with Gasteiger partial charge in [0.2, 0.25) is 15.9 Å². The molecule has 1 fully saturated rings. The van der Waals surface area contributed by atoms with E-state index in [2.05, 4.69) is 4.98 Å². The number of hydrogen-bond donors (Lipinski definition) is 0. The summed E-state index contributed by atoms with van der Waals surface area (Å²) >= 11 is 0. The van der Waals surface area contributed by atoms with Crippen molar-refractivity contribution in [2.24, 2.45) is 0 Å². The molecule has 11 heteroatoms. The molecule has 34 heavy (non-hydrogen) atoms. The van der Waals surface area contributed by atoms with Gasteiger partial charge in [-0.15, -0.1) is 0 Å². The van der Waals surface area contributed by atoms with Gasteiger partial charge in [-0.3, -0.25) is 4.79 Å². The number of benzene rings is 1. The summed E-state index contributed by atoms with van der Waals surface area (Å²) in [5.74, 6) is 0.246. The number of halogens is 3. The summed E-state index contributed by atoms with van der Waals surface area (Å²) in [4.78, 5) is 20.1. The fourth-order valence-electron chi connectivity index (χ4n) is 3.63. The van der Waals surface area contributed by atoms with E-state index in [1.807, 2.05) is 4.90 Å². The molecule has 0 saturated carbocycles. The zero-order chi connectivity index (χ0) is 24.9. The maximum absolute atomic E-state index is 12.7. The van der Waals surface area contributed by atoms with Crippen molar-refractivity contribution in [3.05, 3.63) is 59.8 Å². The molecule has 1 aromatic carbocycles. The summed E-state index contributed by atoms with van der Waals surface area (Å²) < 4.78 is 64.6. The molecule has 1 aliphatic heterocycles. The SMILES string of the molecule is CCN(CC)S(=O)(=O)c1ccc(C=CC(=O)N2CCN(c3ccc(C(F)(F)F)cn3)CC2)cc1. The van der Waals surface area contributed by atoms with Gasteiger partial charge in [-0.1, -0.05) is 26.0 Å². The van der Waals surface area contributed by atoms with Crippen LogP contribution in [0.1, 0.15) is 25.0 Å². The first kappa shape index (κ1) is 25.7. The van der Waals surface area contributed by atoms with Gasteiger partial charge in [0, 0.05) is 51.5 Å². The average molecular weight is 497 g/mol. The number of pyridine rings is 1. The van der Waals surface area contributed by atoms with Crippen LogP contribution in [0.15, 0.2) is 53.6 Å². The maximum atomic E-state index is 12.7. The van der Waals surface area contributed by atoms with Crippen molar-refractivity contribution < 1.29 is 26.4 Å². The Labute approximate surface area is 197 Å². The van der Waals surface area contributed by atoms with Gasteiger partial charge >= 0.3 is 6.18 Å². The average Bonchev–Trinajstić information content (AvgIpc) is 2.83. The van der Waals surface area contributed by atoms with Crippen LogP contribution in [0.2, 0.25) is 0 Å². The van der Waals surface area contributed by atoms with E-state index < -0.39 is 21.8 Å². The van der Waals surface area contributed by atoms with Crippen molar-refractivity contribution in [2.45, 2.75) is 24.9 Å². The number of nitrogens with zero attached hydrogens (tertiary/aromatic N) is 4. The van der Waals surface area contributed by atoms with E-state index in [0.717, 1.165) is 12.3 Å². The van der Waals surface area contributed by atoms with Crippen LogP contribution in [-0.2, 0) is 21.0 Å². The van der Waals surface area contributed by atoms with Gasteiger partial charge in [0.05, 0.1) is 10.5 Å². The maximum Gasteiger partial charge on any atom is 0.417 e. The molecule has 3 rings (SSSR count). The first-order valence-electron chi connectivity index (χ1n) is 10.9. The zero-order valence-electron chi connectivity index (χ0n) is 19.0. The number of amides is 1. The predicted molar refractivity (Wildman–Crippen MR) is 124 cm³/mol. The van der Waals surface area contributed by atoms with Gasteiger partial charge in [-0.2, -0.15) is 17.5 Å². The topological polar surface area (TPSA) is 73.8 Å². The number of sulfonamides is 1. The lowest BCUT2D eigenvalue weighted by atomic mass is 10.2. The standard InChI is InChI=1S/C23H27F3N4O3S/c1-3-30(4-2)34(32,33)20-9-5-18(6-10-20)7-12-22(31)29-15-13-28(14-16-29)21-11-8-19(17-27-21)23(24,25)26/h5-12,17H,3-4,13-16H2,1-2H3. The number of rotatable bonds is 7. The lowest BCUT2D eigenvalue weighted by Gasteiger charge is -2.35. The molecule has 0 spiro atoms. The molecule has 0 radical (unpaired) electrons. The van der Waals surface area contributed by atoms with Crippen LogP contribution in [-0.4, -0.2) is 67.8 Å². The Bertz CT molecular complexity index is 1110. The third-order valence-corrected chi connectivity index (χ3v) is 7.70. The highest BCUT2D eigenvalue weighted by atomic mass is 32.2. The number of anilines is 1. The van der Waals surface area contributed by atoms with Gasteiger partial charge in [0.15, 0.2) is 0 Å². The summed E-state index contributed by atoms with van der Waals surface area (Å²) in [6.45, 7) is 6.06. The van der Waals surface area contributed by atoms with Crippen LogP contribution in [0.5, 0.6) is 0 Å². The first-order chi connectivity index (χ1) is 16.1. The molecule has 2 heterocycles. The molecule has 184 valence electrons. The molecule has 0 unspecified atom stereocenters. The van der Waals surface area contributed by atoms with Gasteiger partial charge in [0.25, 0.3) is 0 Å². The Balaban J connectivity index is 1.56. The van der Waals surface area contributed by atoms with E-state index in [9.17, 15) is 26.4 Å². The molecule has 2 aromatic rings. The van der Waals surface area contributed by atoms with E-state index in [1.54, 1.807) is 37.0 Å². The quantitative estimate of drug-likeness (QED) is 0.549. The number of aromatic nitrogens is 1. The molecule has 0 aliphatic carbocycles. The van der Waals surface area contributed by atoms with Crippen LogP contribution in [0, 0.1) is 0 Å². The molecule has 7 nitrogen and oxygen atoms in total. The summed E-state index contributed by atoms with van der Waals surface area (Å²) in [7, 11) is -3.54. The second kappa shape index (κ2) is 10.6. The van der Waals surface area contributed by atoms with Crippen LogP contribution in [0.25, 0.3) is 6.08 Å². The van der Waals surface area contributed by atoms with Crippen LogP contribution in [0.4, 0.5) is 19.0 Å². The third kappa shape index (κ3) is 5.95. The molecule has 1 saturated heterocycles. The normalized spacial score (nSPS) is 15.4. The smallest absolute Gasteiger partial charge is 0.353 e. The van der Waals surface area contributed by atoms with Crippen LogP contribution in [0.3, 0.4) is 0 Å². The zero-order valence-corrected chi connectivity index (χ0v) is 19.8. The highest BCUT2D eigenvalue weighted by Gasteiger charge is 2.31. The molecule has 0 bridgehead atoms. The highest BCUT2D eigenvalue weighted by Crippen LogP contribution is 2.29. The van der Waals surface area contributed by atoms with E-state index in [0.29, 0.717) is 50.6 Å². The Morgan fingerprint density at radius 2 is 1.65 bits per heavy atom. The minimum atomic E-state index is -4.43. The number of piperazine rings is 1. The van der Waals surface area contributed by atoms with E-state index >= 15 is 0 Å². The molecule has 1 aromatic heterocycles. The third-order valence-electron chi connectivity index (χ3n) is 5.63. The van der Waals surface area contributed by atoms with Crippen LogP contribution >= 0.6 is 0 Å². The summed E-state index contributed by atoms with van der Waals surface area (Å²) in [6.07, 6.45) is -0.559. The number of hydrogen-bond acceptors (Lipinski definition) is 5. The van der Waals surface area contributed by atoms with Crippen LogP contribution < -0.4 is 4.90 Å². The Morgan fingerprint density at radius 3 is 2.15 bits per heavy atom. The van der Waals surface area contributed by atoms with Gasteiger partial charge in [-0.25, -0.2) is 13.4 Å². The molecular formula is C23H27F3N4O3S.